The molecule has 4 heteroatoms. The zero-order valence-electron chi connectivity index (χ0n) is 7.72. The fourth-order valence-electron chi connectivity index (χ4n) is 1.16. The van der Waals surface area contributed by atoms with E-state index in [1.807, 2.05) is 0 Å². The number of hydrogen-bond acceptors (Lipinski definition) is 2. The molecule has 1 aromatic carbocycles. The minimum Gasteiger partial charge on any atom is -0.397 e. The van der Waals surface area contributed by atoms with Crippen LogP contribution in [0.4, 0.5) is 15.8 Å². The lowest BCUT2D eigenvalue weighted by Gasteiger charge is -2.19. The van der Waals surface area contributed by atoms with Gasteiger partial charge in [0, 0.05) is 7.05 Å². The molecule has 0 amide bonds. The van der Waals surface area contributed by atoms with Gasteiger partial charge in [-0.05, 0) is 12.1 Å². The van der Waals surface area contributed by atoms with Gasteiger partial charge in [0.25, 0.3) is 0 Å². The van der Waals surface area contributed by atoms with E-state index in [0.717, 1.165) is 0 Å². The maximum absolute atomic E-state index is 13.5. The van der Waals surface area contributed by atoms with Gasteiger partial charge < -0.3 is 10.6 Å². The Hall–Kier alpha value is -1.40. The molecule has 0 heterocycles. The largest absolute Gasteiger partial charge is 0.397 e. The fourth-order valence-corrected chi connectivity index (χ4v) is 1.31. The number of terminal acetylenes is 1. The molecule has 2 N–H and O–H groups in total. The summed E-state index contributed by atoms with van der Waals surface area (Å²) < 4.78 is 13.5. The lowest BCUT2D eigenvalue weighted by molar-refractivity contribution is 0.626. The predicted molar refractivity (Wildman–Crippen MR) is 57.9 cm³/mol. The number of hydrogen-bond donors (Lipinski definition) is 1. The topological polar surface area (TPSA) is 29.3 Å². The van der Waals surface area contributed by atoms with Crippen LogP contribution in [-0.4, -0.2) is 13.6 Å². The fraction of sp³-hybridized carbons (Fsp3) is 0.200. The SMILES string of the molecule is C#CCN(C)c1c(N)ccc(Cl)c1F. The molecule has 0 atom stereocenters. The zero-order valence-corrected chi connectivity index (χ0v) is 8.48. The van der Waals surface area contributed by atoms with Crippen molar-refractivity contribution in [1.82, 2.24) is 0 Å². The molecule has 0 saturated heterocycles. The van der Waals surface area contributed by atoms with Crippen LogP contribution in [0, 0.1) is 18.2 Å². The molecular formula is C10H10ClFN2. The maximum Gasteiger partial charge on any atom is 0.167 e. The number of anilines is 2. The van der Waals surface area contributed by atoms with Crippen LogP contribution in [0.25, 0.3) is 0 Å². The average Bonchev–Trinajstić information content (AvgIpc) is 2.13. The third-order valence-corrected chi connectivity index (χ3v) is 2.10. The van der Waals surface area contributed by atoms with E-state index >= 15 is 0 Å². The molecule has 0 aromatic heterocycles. The molecule has 1 rings (SSSR count). The summed E-state index contributed by atoms with van der Waals surface area (Å²) >= 11 is 5.62. The second-order valence-corrected chi connectivity index (χ2v) is 3.27. The molecule has 74 valence electrons. The molecule has 0 radical (unpaired) electrons. The molecule has 0 unspecified atom stereocenters. The second-order valence-electron chi connectivity index (χ2n) is 2.86. The van der Waals surface area contributed by atoms with Crippen molar-refractivity contribution in [3.8, 4) is 12.3 Å². The van der Waals surface area contributed by atoms with E-state index in [0.29, 0.717) is 5.69 Å². The highest BCUT2D eigenvalue weighted by Crippen LogP contribution is 2.30. The van der Waals surface area contributed by atoms with Crippen molar-refractivity contribution in [3.05, 3.63) is 23.0 Å². The van der Waals surface area contributed by atoms with Crippen molar-refractivity contribution in [2.75, 3.05) is 24.2 Å². The van der Waals surface area contributed by atoms with E-state index in [-0.39, 0.29) is 17.3 Å². The van der Waals surface area contributed by atoms with Crippen molar-refractivity contribution in [2.45, 2.75) is 0 Å². The predicted octanol–water partition coefficient (Wildman–Crippen LogP) is 2.13. The van der Waals surface area contributed by atoms with E-state index < -0.39 is 5.82 Å². The number of halogens is 2. The third kappa shape index (κ3) is 1.91. The van der Waals surface area contributed by atoms with Crippen LogP contribution >= 0.6 is 11.6 Å². The molecule has 0 spiro atoms. The van der Waals surface area contributed by atoms with Gasteiger partial charge in [-0.3, -0.25) is 0 Å². The first-order chi connectivity index (χ1) is 6.57. The lowest BCUT2D eigenvalue weighted by Crippen LogP contribution is -2.20. The van der Waals surface area contributed by atoms with Crippen molar-refractivity contribution >= 4 is 23.0 Å². The van der Waals surface area contributed by atoms with Gasteiger partial charge in [0.1, 0.15) is 0 Å². The molecule has 0 saturated carbocycles. The summed E-state index contributed by atoms with van der Waals surface area (Å²) in [5.41, 5.74) is 6.18. The Labute approximate surface area is 87.5 Å². The average molecular weight is 213 g/mol. The number of nitrogens with two attached hydrogens (primary N) is 1. The highest BCUT2D eigenvalue weighted by Gasteiger charge is 2.13. The van der Waals surface area contributed by atoms with Crippen LogP contribution < -0.4 is 10.6 Å². The molecule has 0 aliphatic rings. The van der Waals surface area contributed by atoms with E-state index in [9.17, 15) is 4.39 Å². The highest BCUT2D eigenvalue weighted by molar-refractivity contribution is 6.31. The van der Waals surface area contributed by atoms with E-state index in [1.54, 1.807) is 13.1 Å². The Balaban J connectivity index is 3.19. The van der Waals surface area contributed by atoms with Gasteiger partial charge in [-0.2, -0.15) is 0 Å². The lowest BCUT2D eigenvalue weighted by atomic mass is 10.2. The smallest absolute Gasteiger partial charge is 0.167 e. The number of benzene rings is 1. The molecule has 1 aromatic rings. The Morgan fingerprint density at radius 1 is 1.64 bits per heavy atom. The first-order valence-corrected chi connectivity index (χ1v) is 4.33. The second kappa shape index (κ2) is 4.21. The number of nitrogens with zero attached hydrogens (tertiary/aromatic N) is 1. The summed E-state index contributed by atoms with van der Waals surface area (Å²) in [6.45, 7) is 0.279. The van der Waals surface area contributed by atoms with Crippen LogP contribution in [0.2, 0.25) is 5.02 Å². The van der Waals surface area contributed by atoms with Crippen LogP contribution in [-0.2, 0) is 0 Å². The minimum atomic E-state index is -0.538. The monoisotopic (exact) mass is 212 g/mol. The van der Waals surface area contributed by atoms with Gasteiger partial charge in [0.15, 0.2) is 5.82 Å². The first-order valence-electron chi connectivity index (χ1n) is 3.96. The van der Waals surface area contributed by atoms with Gasteiger partial charge >= 0.3 is 0 Å². The summed E-state index contributed by atoms with van der Waals surface area (Å²) in [4.78, 5) is 1.54. The molecule has 14 heavy (non-hydrogen) atoms. The molecule has 0 bridgehead atoms. The first kappa shape index (κ1) is 10.7. The maximum atomic E-state index is 13.5. The van der Waals surface area contributed by atoms with E-state index in [1.165, 1.54) is 11.0 Å². The van der Waals surface area contributed by atoms with Gasteiger partial charge in [-0.15, -0.1) is 6.42 Å². The van der Waals surface area contributed by atoms with Crippen LogP contribution in [0.3, 0.4) is 0 Å². The Morgan fingerprint density at radius 3 is 2.86 bits per heavy atom. The van der Waals surface area contributed by atoms with Crippen molar-refractivity contribution in [2.24, 2.45) is 0 Å². The zero-order chi connectivity index (χ0) is 10.7. The van der Waals surface area contributed by atoms with Crippen molar-refractivity contribution in [3.63, 3.8) is 0 Å². The standard InChI is InChI=1S/C10H10ClFN2/c1-3-6-14(2)10-8(13)5-4-7(11)9(10)12/h1,4-5H,6,13H2,2H3. The van der Waals surface area contributed by atoms with E-state index in [4.69, 9.17) is 23.8 Å². The summed E-state index contributed by atoms with van der Waals surface area (Å²) in [5.74, 6) is 1.86. The summed E-state index contributed by atoms with van der Waals surface area (Å²) in [6.07, 6.45) is 5.12. The molecule has 2 nitrogen and oxygen atoms in total. The van der Waals surface area contributed by atoms with Gasteiger partial charge in [0.05, 0.1) is 22.9 Å². The van der Waals surface area contributed by atoms with Crippen molar-refractivity contribution < 1.29 is 4.39 Å². The third-order valence-electron chi connectivity index (χ3n) is 1.81. The molecule has 0 aliphatic carbocycles. The Morgan fingerprint density at radius 2 is 2.29 bits per heavy atom. The Bertz CT molecular complexity index is 384. The molecule has 0 fully saturated rings. The minimum absolute atomic E-state index is 0.0399. The summed E-state index contributed by atoms with van der Waals surface area (Å²) in [6, 6.07) is 2.97. The van der Waals surface area contributed by atoms with Gasteiger partial charge in [0.2, 0.25) is 0 Å². The molecule has 0 aliphatic heterocycles. The van der Waals surface area contributed by atoms with Crippen LogP contribution in [0.5, 0.6) is 0 Å². The Kier molecular flexibility index (Phi) is 3.21. The van der Waals surface area contributed by atoms with Crippen LogP contribution in [0.15, 0.2) is 12.1 Å². The van der Waals surface area contributed by atoms with Crippen LogP contribution in [0.1, 0.15) is 0 Å². The molecular weight excluding hydrogens is 203 g/mol. The normalized spacial score (nSPS) is 9.57. The number of rotatable bonds is 2. The van der Waals surface area contributed by atoms with Gasteiger partial charge in [-0.1, -0.05) is 17.5 Å². The summed E-state index contributed by atoms with van der Waals surface area (Å²) in [7, 11) is 1.66. The summed E-state index contributed by atoms with van der Waals surface area (Å²) in [5, 5.41) is 0.0399. The highest BCUT2D eigenvalue weighted by atomic mass is 35.5. The number of nitrogen functional groups attached to an aromatic ring is 1. The van der Waals surface area contributed by atoms with Gasteiger partial charge in [-0.25, -0.2) is 4.39 Å². The van der Waals surface area contributed by atoms with E-state index in [2.05, 4.69) is 5.92 Å². The van der Waals surface area contributed by atoms with Crippen molar-refractivity contribution in [1.29, 1.82) is 0 Å². The quantitative estimate of drug-likeness (QED) is 0.601.